The van der Waals surface area contributed by atoms with Gasteiger partial charge in [-0.3, -0.25) is 0 Å². The van der Waals surface area contributed by atoms with E-state index in [0.29, 0.717) is 12.2 Å². The first-order valence-corrected chi connectivity index (χ1v) is 5.87. The first-order chi connectivity index (χ1) is 7.15. The molecule has 0 aromatic heterocycles. The number of carbonyl (C=O) groups excluding carboxylic acids is 1. The zero-order valence-electron chi connectivity index (χ0n) is 9.05. The summed E-state index contributed by atoms with van der Waals surface area (Å²) in [4.78, 5) is 11.5. The molecule has 1 aromatic rings. The van der Waals surface area contributed by atoms with E-state index in [2.05, 4.69) is 22.9 Å². The van der Waals surface area contributed by atoms with Crippen LogP contribution in [-0.2, 0) is 4.74 Å². The Balaban J connectivity index is 2.62. The van der Waals surface area contributed by atoms with Gasteiger partial charge in [0.2, 0.25) is 0 Å². The fraction of sp³-hybridized carbons (Fsp3) is 0.417. The Kier molecular flexibility index (Phi) is 4.82. The molecule has 0 saturated heterocycles. The second-order valence-electron chi connectivity index (χ2n) is 3.45. The molecule has 0 amide bonds. The summed E-state index contributed by atoms with van der Waals surface area (Å²) in [6, 6.07) is 5.48. The molecule has 0 saturated carbocycles. The number of ether oxygens (including phenoxy) is 1. The van der Waals surface area contributed by atoms with Crippen molar-refractivity contribution in [1.29, 1.82) is 0 Å². The van der Waals surface area contributed by atoms with E-state index in [1.54, 1.807) is 12.1 Å². The van der Waals surface area contributed by atoms with Crippen molar-refractivity contribution in [3.63, 3.8) is 0 Å². The molecule has 0 unspecified atom stereocenters. The van der Waals surface area contributed by atoms with Crippen LogP contribution in [0.25, 0.3) is 0 Å². The van der Waals surface area contributed by atoms with Crippen molar-refractivity contribution in [2.45, 2.75) is 26.7 Å². The number of rotatable bonds is 4. The van der Waals surface area contributed by atoms with Crippen molar-refractivity contribution in [3.8, 4) is 0 Å². The molecule has 0 bridgehead atoms. The molecule has 0 aliphatic rings. The van der Waals surface area contributed by atoms with Gasteiger partial charge >= 0.3 is 5.97 Å². The van der Waals surface area contributed by atoms with Crippen LogP contribution in [0.15, 0.2) is 22.7 Å². The molecule has 1 aromatic carbocycles. The van der Waals surface area contributed by atoms with Gasteiger partial charge in [-0.2, -0.15) is 0 Å². The zero-order chi connectivity index (χ0) is 11.3. The number of carbonyl (C=O) groups is 1. The van der Waals surface area contributed by atoms with Gasteiger partial charge in [0.15, 0.2) is 0 Å². The summed E-state index contributed by atoms with van der Waals surface area (Å²) in [6.07, 6.45) is 1.95. The Morgan fingerprint density at radius 3 is 2.80 bits per heavy atom. The Morgan fingerprint density at radius 2 is 2.20 bits per heavy atom. The van der Waals surface area contributed by atoms with Gasteiger partial charge in [-0.05, 0) is 31.0 Å². The smallest absolute Gasteiger partial charge is 0.338 e. The summed E-state index contributed by atoms with van der Waals surface area (Å²) in [5.41, 5.74) is 1.71. The van der Waals surface area contributed by atoms with Crippen molar-refractivity contribution >= 4 is 21.9 Å². The van der Waals surface area contributed by atoms with E-state index < -0.39 is 0 Å². The predicted molar refractivity (Wildman–Crippen MR) is 64.1 cm³/mol. The van der Waals surface area contributed by atoms with Gasteiger partial charge in [-0.15, -0.1) is 0 Å². The first kappa shape index (κ1) is 12.2. The predicted octanol–water partition coefficient (Wildman–Crippen LogP) is 3.71. The van der Waals surface area contributed by atoms with Crippen LogP contribution >= 0.6 is 15.9 Å². The second kappa shape index (κ2) is 5.91. The van der Waals surface area contributed by atoms with E-state index in [4.69, 9.17) is 4.74 Å². The Labute approximate surface area is 98.8 Å². The molecular weight excluding hydrogens is 256 g/mol. The van der Waals surface area contributed by atoms with Crippen molar-refractivity contribution in [3.05, 3.63) is 33.8 Å². The summed E-state index contributed by atoms with van der Waals surface area (Å²) in [5, 5.41) is 0. The largest absolute Gasteiger partial charge is 0.462 e. The highest BCUT2D eigenvalue weighted by Gasteiger charge is 2.07. The Bertz CT molecular complexity index is 347. The lowest BCUT2D eigenvalue weighted by atomic mass is 10.1. The van der Waals surface area contributed by atoms with Gasteiger partial charge in [0.25, 0.3) is 0 Å². The lowest BCUT2D eigenvalue weighted by Crippen LogP contribution is -2.06. The highest BCUT2D eigenvalue weighted by molar-refractivity contribution is 9.10. The van der Waals surface area contributed by atoms with E-state index in [-0.39, 0.29) is 5.97 Å². The average Bonchev–Trinajstić information content (AvgIpc) is 2.22. The molecule has 1 rings (SSSR count). The van der Waals surface area contributed by atoms with Gasteiger partial charge in [0.1, 0.15) is 0 Å². The lowest BCUT2D eigenvalue weighted by molar-refractivity contribution is 0.0499. The monoisotopic (exact) mass is 270 g/mol. The molecule has 0 radical (unpaired) electrons. The molecule has 3 heteroatoms. The first-order valence-electron chi connectivity index (χ1n) is 5.08. The lowest BCUT2D eigenvalue weighted by Gasteiger charge is -2.05. The van der Waals surface area contributed by atoms with Crippen LogP contribution in [0.3, 0.4) is 0 Å². The molecule has 0 aliphatic carbocycles. The van der Waals surface area contributed by atoms with E-state index in [1.165, 1.54) is 0 Å². The summed E-state index contributed by atoms with van der Waals surface area (Å²) in [6.45, 7) is 4.55. The number of hydrogen-bond acceptors (Lipinski definition) is 2. The number of halogens is 1. The van der Waals surface area contributed by atoms with E-state index >= 15 is 0 Å². The molecule has 0 aliphatic heterocycles. The van der Waals surface area contributed by atoms with Gasteiger partial charge in [-0.25, -0.2) is 4.79 Å². The third-order valence-corrected chi connectivity index (χ3v) is 2.99. The molecular formula is C12H15BrO2. The zero-order valence-corrected chi connectivity index (χ0v) is 10.6. The van der Waals surface area contributed by atoms with Gasteiger partial charge < -0.3 is 4.74 Å². The molecule has 15 heavy (non-hydrogen) atoms. The average molecular weight is 271 g/mol. The number of hydrogen-bond donors (Lipinski definition) is 0. The van der Waals surface area contributed by atoms with Crippen LogP contribution in [0.4, 0.5) is 0 Å². The van der Waals surface area contributed by atoms with Crippen molar-refractivity contribution in [2.24, 2.45) is 0 Å². The molecule has 0 spiro atoms. The Morgan fingerprint density at radius 1 is 1.47 bits per heavy atom. The van der Waals surface area contributed by atoms with Crippen LogP contribution in [0.2, 0.25) is 0 Å². The van der Waals surface area contributed by atoms with E-state index in [9.17, 15) is 4.79 Å². The third kappa shape index (κ3) is 3.67. The van der Waals surface area contributed by atoms with Gasteiger partial charge in [-0.1, -0.05) is 35.3 Å². The van der Waals surface area contributed by atoms with E-state index in [1.807, 2.05) is 13.0 Å². The van der Waals surface area contributed by atoms with Crippen molar-refractivity contribution < 1.29 is 9.53 Å². The SMILES string of the molecule is CCCCOC(=O)c1ccc(C)c(Br)c1. The summed E-state index contributed by atoms with van der Waals surface area (Å²) < 4.78 is 6.04. The Hall–Kier alpha value is -0.830. The fourth-order valence-corrected chi connectivity index (χ4v) is 1.49. The highest BCUT2D eigenvalue weighted by Crippen LogP contribution is 2.18. The maximum absolute atomic E-state index is 11.5. The number of unbranched alkanes of at least 4 members (excludes halogenated alkanes) is 1. The van der Waals surface area contributed by atoms with Crippen LogP contribution in [-0.4, -0.2) is 12.6 Å². The normalized spacial score (nSPS) is 10.1. The minimum atomic E-state index is -0.246. The summed E-state index contributed by atoms with van der Waals surface area (Å²) in [5.74, 6) is -0.246. The minimum Gasteiger partial charge on any atom is -0.462 e. The van der Waals surface area contributed by atoms with Crippen molar-refractivity contribution in [2.75, 3.05) is 6.61 Å². The quantitative estimate of drug-likeness (QED) is 0.616. The van der Waals surface area contributed by atoms with Gasteiger partial charge in [0.05, 0.1) is 12.2 Å². The highest BCUT2D eigenvalue weighted by atomic mass is 79.9. The third-order valence-electron chi connectivity index (χ3n) is 2.14. The minimum absolute atomic E-state index is 0.246. The van der Waals surface area contributed by atoms with Gasteiger partial charge in [0, 0.05) is 4.47 Å². The fourth-order valence-electron chi connectivity index (χ4n) is 1.11. The van der Waals surface area contributed by atoms with Crippen LogP contribution < -0.4 is 0 Å². The number of esters is 1. The maximum atomic E-state index is 11.5. The standard InChI is InChI=1S/C12H15BrO2/c1-3-4-7-15-12(14)10-6-5-9(2)11(13)8-10/h5-6,8H,3-4,7H2,1-2H3. The number of aryl methyl sites for hydroxylation is 1. The molecule has 0 fully saturated rings. The molecule has 0 atom stereocenters. The molecule has 0 heterocycles. The molecule has 2 nitrogen and oxygen atoms in total. The summed E-state index contributed by atoms with van der Waals surface area (Å²) in [7, 11) is 0. The van der Waals surface area contributed by atoms with Crippen LogP contribution in [0.5, 0.6) is 0 Å². The molecule has 82 valence electrons. The molecule has 0 N–H and O–H groups in total. The topological polar surface area (TPSA) is 26.3 Å². The summed E-state index contributed by atoms with van der Waals surface area (Å²) >= 11 is 3.39. The second-order valence-corrected chi connectivity index (χ2v) is 4.31. The van der Waals surface area contributed by atoms with E-state index in [0.717, 1.165) is 22.9 Å². The number of benzene rings is 1. The van der Waals surface area contributed by atoms with Crippen LogP contribution in [0, 0.1) is 6.92 Å². The van der Waals surface area contributed by atoms with Crippen molar-refractivity contribution in [1.82, 2.24) is 0 Å². The van der Waals surface area contributed by atoms with Crippen LogP contribution in [0.1, 0.15) is 35.7 Å². The maximum Gasteiger partial charge on any atom is 0.338 e.